The van der Waals surface area contributed by atoms with Crippen LogP contribution in [0.25, 0.3) is 0 Å². The van der Waals surface area contributed by atoms with Crippen LogP contribution in [-0.2, 0) is 4.74 Å². The Balaban J connectivity index is 1.60. The largest absolute Gasteiger partial charge is 0.377 e. The van der Waals surface area contributed by atoms with Gasteiger partial charge in [-0.1, -0.05) is 6.92 Å². The van der Waals surface area contributed by atoms with Crippen LogP contribution in [0, 0.1) is 0 Å². The Bertz CT molecular complexity index is 192. The van der Waals surface area contributed by atoms with E-state index in [-0.39, 0.29) is 0 Å². The van der Waals surface area contributed by atoms with Crippen molar-refractivity contribution in [1.82, 2.24) is 10.2 Å². The monoisotopic (exact) mass is 212 g/mol. The summed E-state index contributed by atoms with van der Waals surface area (Å²) < 4.78 is 5.53. The molecule has 2 fully saturated rings. The number of rotatable bonds is 6. The third-order valence-corrected chi connectivity index (χ3v) is 3.65. The Hall–Kier alpha value is -0.120. The predicted molar refractivity (Wildman–Crippen MR) is 62.1 cm³/mol. The average Bonchev–Trinajstić information content (AvgIpc) is 2.99. The number of ether oxygens (including phenoxy) is 1. The summed E-state index contributed by atoms with van der Waals surface area (Å²) in [6.45, 7) is 8.87. The van der Waals surface area contributed by atoms with Crippen LogP contribution in [0.3, 0.4) is 0 Å². The maximum absolute atomic E-state index is 5.53. The molecular formula is C12H24N2O. The average molecular weight is 212 g/mol. The summed E-state index contributed by atoms with van der Waals surface area (Å²) in [4.78, 5) is 2.59. The molecule has 1 saturated carbocycles. The molecule has 3 nitrogen and oxygen atoms in total. The first-order valence-electron chi connectivity index (χ1n) is 6.40. The molecule has 0 radical (unpaired) electrons. The van der Waals surface area contributed by atoms with Gasteiger partial charge in [-0.2, -0.15) is 0 Å². The van der Waals surface area contributed by atoms with Crippen molar-refractivity contribution in [3.8, 4) is 0 Å². The van der Waals surface area contributed by atoms with Crippen molar-refractivity contribution >= 4 is 0 Å². The SMILES string of the molecule is CCN(CCNC1CCOC1C)C1CC1. The molecule has 0 spiro atoms. The van der Waals surface area contributed by atoms with Crippen molar-refractivity contribution < 1.29 is 4.74 Å². The molecule has 3 heteroatoms. The maximum Gasteiger partial charge on any atom is 0.0700 e. The fourth-order valence-electron chi connectivity index (χ4n) is 2.43. The fraction of sp³-hybridized carbons (Fsp3) is 1.00. The van der Waals surface area contributed by atoms with Gasteiger partial charge in [0.25, 0.3) is 0 Å². The minimum atomic E-state index is 0.404. The Morgan fingerprint density at radius 2 is 2.13 bits per heavy atom. The molecule has 0 amide bonds. The first-order chi connectivity index (χ1) is 7.31. The molecule has 88 valence electrons. The molecule has 0 aromatic rings. The summed E-state index contributed by atoms with van der Waals surface area (Å²) in [7, 11) is 0. The summed E-state index contributed by atoms with van der Waals surface area (Å²) in [5, 5.41) is 3.61. The smallest absolute Gasteiger partial charge is 0.0700 e. The van der Waals surface area contributed by atoms with E-state index in [1.807, 2.05) is 0 Å². The van der Waals surface area contributed by atoms with Gasteiger partial charge in [-0.3, -0.25) is 4.90 Å². The summed E-state index contributed by atoms with van der Waals surface area (Å²) in [5.41, 5.74) is 0. The Kier molecular flexibility index (Phi) is 4.00. The molecule has 0 bridgehead atoms. The molecule has 1 N–H and O–H groups in total. The highest BCUT2D eigenvalue weighted by atomic mass is 16.5. The van der Waals surface area contributed by atoms with E-state index < -0.39 is 0 Å². The van der Waals surface area contributed by atoms with E-state index >= 15 is 0 Å². The summed E-state index contributed by atoms with van der Waals surface area (Å²) in [6.07, 6.45) is 4.41. The van der Waals surface area contributed by atoms with Crippen LogP contribution in [0.2, 0.25) is 0 Å². The predicted octanol–water partition coefficient (Wildman–Crippen LogP) is 1.24. The van der Waals surface area contributed by atoms with Crippen molar-refractivity contribution in [2.24, 2.45) is 0 Å². The molecule has 0 aromatic carbocycles. The van der Waals surface area contributed by atoms with Gasteiger partial charge in [-0.05, 0) is 32.7 Å². The van der Waals surface area contributed by atoms with Gasteiger partial charge in [-0.25, -0.2) is 0 Å². The number of hydrogen-bond acceptors (Lipinski definition) is 3. The Morgan fingerprint density at radius 1 is 1.33 bits per heavy atom. The van der Waals surface area contributed by atoms with Gasteiger partial charge in [0.05, 0.1) is 6.10 Å². The van der Waals surface area contributed by atoms with Gasteiger partial charge in [0.2, 0.25) is 0 Å². The van der Waals surface area contributed by atoms with Gasteiger partial charge in [0.15, 0.2) is 0 Å². The summed E-state index contributed by atoms with van der Waals surface area (Å²) >= 11 is 0. The molecule has 15 heavy (non-hydrogen) atoms. The number of hydrogen-bond donors (Lipinski definition) is 1. The van der Waals surface area contributed by atoms with Gasteiger partial charge in [-0.15, -0.1) is 0 Å². The van der Waals surface area contributed by atoms with Gasteiger partial charge in [0.1, 0.15) is 0 Å². The first-order valence-corrected chi connectivity index (χ1v) is 6.40. The van der Waals surface area contributed by atoms with Crippen LogP contribution < -0.4 is 5.32 Å². The van der Waals surface area contributed by atoms with Crippen molar-refractivity contribution in [2.75, 3.05) is 26.2 Å². The quantitative estimate of drug-likeness (QED) is 0.717. The maximum atomic E-state index is 5.53. The lowest BCUT2D eigenvalue weighted by Crippen LogP contribution is -2.40. The third kappa shape index (κ3) is 3.16. The number of nitrogens with zero attached hydrogens (tertiary/aromatic N) is 1. The third-order valence-electron chi connectivity index (χ3n) is 3.65. The summed E-state index contributed by atoms with van der Waals surface area (Å²) in [6, 6.07) is 1.48. The highest BCUT2D eigenvalue weighted by Crippen LogP contribution is 2.25. The normalized spacial score (nSPS) is 31.4. The number of nitrogens with one attached hydrogen (secondary N) is 1. The fourth-order valence-corrected chi connectivity index (χ4v) is 2.43. The van der Waals surface area contributed by atoms with Crippen LogP contribution >= 0.6 is 0 Å². The summed E-state index contributed by atoms with van der Waals surface area (Å²) in [5.74, 6) is 0. The van der Waals surface area contributed by atoms with Crippen LogP contribution in [0.4, 0.5) is 0 Å². The minimum absolute atomic E-state index is 0.404. The van der Waals surface area contributed by atoms with Gasteiger partial charge < -0.3 is 10.1 Å². The topological polar surface area (TPSA) is 24.5 Å². The van der Waals surface area contributed by atoms with E-state index in [9.17, 15) is 0 Å². The second-order valence-electron chi connectivity index (χ2n) is 4.78. The zero-order valence-electron chi connectivity index (χ0n) is 10.0. The van der Waals surface area contributed by atoms with E-state index in [0.717, 1.165) is 19.2 Å². The second kappa shape index (κ2) is 5.28. The van der Waals surface area contributed by atoms with Crippen molar-refractivity contribution in [2.45, 2.75) is 51.3 Å². The molecular weight excluding hydrogens is 188 g/mol. The van der Waals surface area contributed by atoms with Crippen LogP contribution in [-0.4, -0.2) is 49.3 Å². The van der Waals surface area contributed by atoms with E-state index in [0.29, 0.717) is 12.1 Å². The highest BCUT2D eigenvalue weighted by Gasteiger charge is 2.28. The molecule has 2 aliphatic rings. The van der Waals surface area contributed by atoms with Crippen molar-refractivity contribution in [3.63, 3.8) is 0 Å². The molecule has 2 atom stereocenters. The lowest BCUT2D eigenvalue weighted by molar-refractivity contribution is 0.112. The molecule has 1 aliphatic carbocycles. The zero-order chi connectivity index (χ0) is 10.7. The molecule has 1 heterocycles. The Morgan fingerprint density at radius 3 is 2.67 bits per heavy atom. The van der Waals surface area contributed by atoms with E-state index in [1.165, 1.54) is 32.4 Å². The highest BCUT2D eigenvalue weighted by molar-refractivity contribution is 4.85. The minimum Gasteiger partial charge on any atom is -0.377 e. The molecule has 1 saturated heterocycles. The van der Waals surface area contributed by atoms with E-state index in [1.54, 1.807) is 0 Å². The van der Waals surface area contributed by atoms with E-state index in [4.69, 9.17) is 4.74 Å². The lowest BCUT2D eigenvalue weighted by Gasteiger charge is -2.22. The molecule has 2 rings (SSSR count). The molecule has 1 aliphatic heterocycles. The second-order valence-corrected chi connectivity index (χ2v) is 4.78. The van der Waals surface area contributed by atoms with Crippen molar-refractivity contribution in [3.05, 3.63) is 0 Å². The van der Waals surface area contributed by atoms with E-state index in [2.05, 4.69) is 24.1 Å². The van der Waals surface area contributed by atoms with Crippen LogP contribution in [0.15, 0.2) is 0 Å². The van der Waals surface area contributed by atoms with Crippen LogP contribution in [0.1, 0.15) is 33.1 Å². The molecule has 0 aromatic heterocycles. The first kappa shape index (κ1) is 11.4. The van der Waals surface area contributed by atoms with Gasteiger partial charge in [0, 0.05) is 31.8 Å². The Labute approximate surface area is 93.2 Å². The zero-order valence-corrected chi connectivity index (χ0v) is 10.0. The van der Waals surface area contributed by atoms with Crippen LogP contribution in [0.5, 0.6) is 0 Å². The standard InChI is InChI=1S/C12H24N2O/c1-3-14(11-4-5-11)8-7-13-12-6-9-15-10(12)2/h10-13H,3-9H2,1-2H3. The molecule has 2 unspecified atom stereocenters. The lowest BCUT2D eigenvalue weighted by atomic mass is 10.1. The number of likely N-dealkylation sites (N-methyl/N-ethyl adjacent to an activating group) is 1. The van der Waals surface area contributed by atoms with Crippen molar-refractivity contribution in [1.29, 1.82) is 0 Å². The van der Waals surface area contributed by atoms with Gasteiger partial charge >= 0.3 is 0 Å².